The normalized spacial score (nSPS) is 12.2. The highest BCUT2D eigenvalue weighted by atomic mass is 19.4. The molecule has 0 saturated heterocycles. The van der Waals surface area contributed by atoms with E-state index in [4.69, 9.17) is 0 Å². The van der Waals surface area contributed by atoms with E-state index in [0.29, 0.717) is 17.0 Å². The van der Waals surface area contributed by atoms with Crippen LogP contribution in [0.1, 0.15) is 5.82 Å². The first-order chi connectivity index (χ1) is 7.54. The molecule has 0 aromatic carbocycles. The van der Waals surface area contributed by atoms with E-state index in [2.05, 4.69) is 25.3 Å². The summed E-state index contributed by atoms with van der Waals surface area (Å²) < 4.78 is 35.5. The van der Waals surface area contributed by atoms with Crippen LogP contribution in [0.15, 0.2) is 12.5 Å². The monoisotopic (exact) mass is 231 g/mol. The van der Waals surface area contributed by atoms with Gasteiger partial charge < -0.3 is 10.3 Å². The average Bonchev–Trinajstić information content (AvgIpc) is 2.57. The van der Waals surface area contributed by atoms with Gasteiger partial charge in [0, 0.05) is 0 Å². The lowest BCUT2D eigenvalue weighted by Crippen LogP contribution is -2.28. The molecule has 86 valence electrons. The number of H-pyrrole nitrogens is 1. The molecule has 0 aliphatic carbocycles. The minimum Gasteiger partial charge on any atom is -0.338 e. The summed E-state index contributed by atoms with van der Waals surface area (Å²) in [6.07, 6.45) is -1.37. The number of fused-ring (bicyclic) bond motifs is 1. The third-order valence-corrected chi connectivity index (χ3v) is 1.83. The van der Waals surface area contributed by atoms with Crippen molar-refractivity contribution >= 4 is 11.2 Å². The molecule has 2 aromatic heterocycles. The molecule has 2 rings (SSSR count). The van der Waals surface area contributed by atoms with E-state index in [1.807, 2.05) is 0 Å². The Hall–Kier alpha value is -1.70. The largest absolute Gasteiger partial charge is 0.401 e. The van der Waals surface area contributed by atoms with Crippen molar-refractivity contribution in [1.29, 1.82) is 0 Å². The van der Waals surface area contributed by atoms with Crippen molar-refractivity contribution in [3.8, 4) is 0 Å². The van der Waals surface area contributed by atoms with Crippen molar-refractivity contribution in [2.75, 3.05) is 6.54 Å². The quantitative estimate of drug-likeness (QED) is 0.827. The van der Waals surface area contributed by atoms with Gasteiger partial charge in [0.25, 0.3) is 0 Å². The Bertz CT molecular complexity index is 445. The van der Waals surface area contributed by atoms with E-state index in [0.717, 1.165) is 0 Å². The van der Waals surface area contributed by atoms with Gasteiger partial charge in [-0.2, -0.15) is 13.2 Å². The van der Waals surface area contributed by atoms with Crippen LogP contribution in [0.3, 0.4) is 0 Å². The summed E-state index contributed by atoms with van der Waals surface area (Å²) in [4.78, 5) is 14.4. The topological polar surface area (TPSA) is 66.5 Å². The molecule has 0 bridgehead atoms. The number of hydrogen-bond acceptors (Lipinski definition) is 4. The predicted octanol–water partition coefficient (Wildman–Crippen LogP) is 1.00. The maximum absolute atomic E-state index is 11.8. The zero-order valence-electron chi connectivity index (χ0n) is 8.04. The van der Waals surface area contributed by atoms with Crippen LogP contribution in [0.25, 0.3) is 11.2 Å². The van der Waals surface area contributed by atoms with Crippen molar-refractivity contribution in [3.05, 3.63) is 18.3 Å². The van der Waals surface area contributed by atoms with Crippen molar-refractivity contribution in [3.63, 3.8) is 0 Å². The van der Waals surface area contributed by atoms with E-state index >= 15 is 0 Å². The minimum atomic E-state index is -4.22. The number of aromatic nitrogens is 4. The highest BCUT2D eigenvalue weighted by Gasteiger charge is 2.26. The number of alkyl halides is 3. The van der Waals surface area contributed by atoms with Crippen LogP contribution in [0.4, 0.5) is 13.2 Å². The van der Waals surface area contributed by atoms with Crippen LogP contribution >= 0.6 is 0 Å². The lowest BCUT2D eigenvalue weighted by atomic mass is 10.5. The Morgan fingerprint density at radius 3 is 2.88 bits per heavy atom. The lowest BCUT2D eigenvalue weighted by molar-refractivity contribution is -0.125. The summed E-state index contributed by atoms with van der Waals surface area (Å²) in [5.74, 6) is 0.403. The predicted molar refractivity (Wildman–Crippen MR) is 49.4 cm³/mol. The first-order valence-electron chi connectivity index (χ1n) is 4.47. The smallest absolute Gasteiger partial charge is 0.338 e. The van der Waals surface area contributed by atoms with Crippen molar-refractivity contribution < 1.29 is 13.2 Å². The highest BCUT2D eigenvalue weighted by Crippen LogP contribution is 2.12. The molecule has 0 spiro atoms. The van der Waals surface area contributed by atoms with Crippen LogP contribution in [-0.4, -0.2) is 32.7 Å². The van der Waals surface area contributed by atoms with Gasteiger partial charge in [-0.1, -0.05) is 0 Å². The van der Waals surface area contributed by atoms with Gasteiger partial charge in [-0.3, -0.25) is 0 Å². The summed E-state index contributed by atoms with van der Waals surface area (Å²) in [6, 6.07) is 0. The van der Waals surface area contributed by atoms with Crippen LogP contribution in [0.2, 0.25) is 0 Å². The second-order valence-corrected chi connectivity index (χ2v) is 3.16. The van der Waals surface area contributed by atoms with Gasteiger partial charge in [-0.05, 0) is 0 Å². The van der Waals surface area contributed by atoms with E-state index in [9.17, 15) is 13.2 Å². The molecule has 0 saturated carbocycles. The maximum atomic E-state index is 11.8. The molecule has 8 heteroatoms. The third-order valence-electron chi connectivity index (χ3n) is 1.83. The maximum Gasteiger partial charge on any atom is 0.401 e. The summed E-state index contributed by atoms with van der Waals surface area (Å²) in [7, 11) is 0. The standard InChI is InChI=1S/C8H8F3N5/c9-8(10,11)3-12-2-6-15-5-1-13-4-14-7(5)16-6/h1,4,12H,2-3H2,(H,13,14,15,16). The summed E-state index contributed by atoms with van der Waals surface area (Å²) in [6.45, 7) is -1.04. The third kappa shape index (κ3) is 2.66. The highest BCUT2D eigenvalue weighted by molar-refractivity contribution is 5.68. The van der Waals surface area contributed by atoms with Crippen LogP contribution in [-0.2, 0) is 6.54 Å². The number of nitrogens with one attached hydrogen (secondary N) is 2. The van der Waals surface area contributed by atoms with Crippen LogP contribution in [0, 0.1) is 0 Å². The first kappa shape index (κ1) is 10.8. The molecule has 0 radical (unpaired) electrons. The second kappa shape index (κ2) is 4.05. The zero-order chi connectivity index (χ0) is 11.6. The Balaban J connectivity index is 2.00. The molecular weight excluding hydrogens is 223 g/mol. The molecular formula is C8H8F3N5. The molecule has 0 atom stereocenters. The molecule has 0 aliphatic rings. The van der Waals surface area contributed by atoms with Gasteiger partial charge in [0.05, 0.1) is 19.3 Å². The van der Waals surface area contributed by atoms with E-state index < -0.39 is 12.7 Å². The average molecular weight is 231 g/mol. The van der Waals surface area contributed by atoms with E-state index in [1.165, 1.54) is 12.5 Å². The fourth-order valence-corrected chi connectivity index (χ4v) is 1.22. The number of rotatable bonds is 3. The number of aromatic amines is 1. The van der Waals surface area contributed by atoms with E-state index in [-0.39, 0.29) is 6.54 Å². The number of hydrogen-bond donors (Lipinski definition) is 2. The molecule has 0 amide bonds. The van der Waals surface area contributed by atoms with E-state index in [1.54, 1.807) is 0 Å². The molecule has 0 fully saturated rings. The fourth-order valence-electron chi connectivity index (χ4n) is 1.22. The molecule has 0 unspecified atom stereocenters. The van der Waals surface area contributed by atoms with Crippen molar-refractivity contribution in [2.45, 2.75) is 12.7 Å². The van der Waals surface area contributed by atoms with Gasteiger partial charge in [0.2, 0.25) is 0 Å². The van der Waals surface area contributed by atoms with Gasteiger partial charge in [-0.25, -0.2) is 15.0 Å². The van der Waals surface area contributed by atoms with Crippen LogP contribution in [0.5, 0.6) is 0 Å². The molecule has 0 aliphatic heterocycles. The number of nitrogens with zero attached hydrogens (tertiary/aromatic N) is 3. The molecule has 2 heterocycles. The van der Waals surface area contributed by atoms with Gasteiger partial charge in [0.15, 0.2) is 5.65 Å². The van der Waals surface area contributed by atoms with Crippen molar-refractivity contribution in [1.82, 2.24) is 25.3 Å². The Kier molecular flexibility index (Phi) is 2.73. The second-order valence-electron chi connectivity index (χ2n) is 3.16. The van der Waals surface area contributed by atoms with Gasteiger partial charge in [-0.15, -0.1) is 0 Å². The minimum absolute atomic E-state index is 0.00979. The number of imidazole rings is 1. The Labute approximate surface area is 88.1 Å². The summed E-state index contributed by atoms with van der Waals surface area (Å²) >= 11 is 0. The Morgan fingerprint density at radius 2 is 2.19 bits per heavy atom. The first-order valence-corrected chi connectivity index (χ1v) is 4.47. The summed E-state index contributed by atoms with van der Waals surface area (Å²) in [5.41, 5.74) is 1.05. The van der Waals surface area contributed by atoms with Gasteiger partial charge in [0.1, 0.15) is 17.7 Å². The molecule has 2 aromatic rings. The fraction of sp³-hybridized carbons (Fsp3) is 0.375. The SMILES string of the molecule is FC(F)(F)CNCc1nc2ncncc2[nH]1. The molecule has 5 nitrogen and oxygen atoms in total. The molecule has 2 N–H and O–H groups in total. The van der Waals surface area contributed by atoms with Crippen LogP contribution < -0.4 is 5.32 Å². The lowest BCUT2D eigenvalue weighted by Gasteiger charge is -2.05. The Morgan fingerprint density at radius 1 is 1.38 bits per heavy atom. The zero-order valence-corrected chi connectivity index (χ0v) is 8.04. The van der Waals surface area contributed by atoms with Gasteiger partial charge >= 0.3 is 6.18 Å². The summed E-state index contributed by atoms with van der Waals surface area (Å²) in [5, 5.41) is 2.24. The molecule has 16 heavy (non-hydrogen) atoms. The number of halogens is 3. The van der Waals surface area contributed by atoms with Crippen molar-refractivity contribution in [2.24, 2.45) is 0 Å².